The number of benzene rings is 1. The maximum Gasteiger partial charge on any atom is 0.622 e. The Bertz CT molecular complexity index is 854. The zero-order valence-electron chi connectivity index (χ0n) is 17.4. The molecule has 0 aromatic heterocycles. The Labute approximate surface area is 190 Å². The van der Waals surface area contributed by atoms with Gasteiger partial charge in [-0.25, -0.2) is 0 Å². The Morgan fingerprint density at radius 3 is 2.65 bits per heavy atom. The quantitative estimate of drug-likeness (QED) is 0.513. The predicted molar refractivity (Wildman–Crippen MR) is 116 cm³/mol. The van der Waals surface area contributed by atoms with Gasteiger partial charge in [0.25, 0.3) is 5.91 Å². The fourth-order valence-corrected chi connectivity index (χ4v) is 3.20. The molecule has 1 heterocycles. The molecule has 1 aliphatic rings. The van der Waals surface area contributed by atoms with E-state index in [1.807, 2.05) is 13.8 Å². The van der Waals surface area contributed by atoms with Crippen molar-refractivity contribution in [3.63, 3.8) is 0 Å². The first kappa shape index (κ1) is 25.0. The van der Waals surface area contributed by atoms with Crippen molar-refractivity contribution in [2.24, 2.45) is 5.92 Å². The van der Waals surface area contributed by atoms with E-state index in [0.717, 1.165) is 0 Å². The fraction of sp³-hybridized carbons (Fsp3) is 0.474. The zero-order valence-corrected chi connectivity index (χ0v) is 18.9. The van der Waals surface area contributed by atoms with Crippen LogP contribution < -0.4 is 16.0 Å². The van der Waals surface area contributed by atoms with E-state index in [1.54, 1.807) is 6.92 Å². The first-order valence-corrected chi connectivity index (χ1v) is 10.5. The molecule has 1 aliphatic heterocycles. The van der Waals surface area contributed by atoms with Crippen LogP contribution in [0, 0.1) is 5.92 Å². The van der Waals surface area contributed by atoms with Crippen molar-refractivity contribution in [2.75, 3.05) is 13.1 Å². The lowest BCUT2D eigenvalue weighted by Crippen LogP contribution is -2.57. The fourth-order valence-electron chi connectivity index (χ4n) is 2.83. The summed E-state index contributed by atoms with van der Waals surface area (Å²) in [5.41, 5.74) is 0.130. The van der Waals surface area contributed by atoms with Crippen molar-refractivity contribution < 1.29 is 28.5 Å². The van der Waals surface area contributed by atoms with Gasteiger partial charge in [0.15, 0.2) is 0 Å². The molecular weight excluding hydrogens is 448 g/mol. The Morgan fingerprint density at radius 1 is 1.26 bits per heavy atom. The molecule has 0 unspecified atom stereocenters. The molecule has 12 heteroatoms. The van der Waals surface area contributed by atoms with Crippen molar-refractivity contribution in [3.8, 4) is 0 Å². The number of halogens is 2. The van der Waals surface area contributed by atoms with Gasteiger partial charge in [0, 0.05) is 5.02 Å². The Balaban J connectivity index is 2.04. The lowest BCUT2D eigenvalue weighted by atomic mass is 9.73. The van der Waals surface area contributed by atoms with Gasteiger partial charge < -0.3 is 19.9 Å². The molecule has 0 bridgehead atoms. The molecular formula is C19H24BCl2N3O6. The van der Waals surface area contributed by atoms with Crippen LogP contribution in [0.4, 0.5) is 0 Å². The zero-order chi connectivity index (χ0) is 23.1. The largest absolute Gasteiger partial charge is 0.622 e. The van der Waals surface area contributed by atoms with Crippen LogP contribution in [0.25, 0.3) is 0 Å². The smallest absolute Gasteiger partial charge is 0.497 e. The van der Waals surface area contributed by atoms with Gasteiger partial charge in [-0.15, -0.1) is 0 Å². The monoisotopic (exact) mass is 471 g/mol. The minimum Gasteiger partial charge on any atom is -0.497 e. The van der Waals surface area contributed by atoms with Crippen LogP contribution in [0.1, 0.15) is 37.6 Å². The van der Waals surface area contributed by atoms with E-state index < -0.39 is 42.9 Å². The molecule has 2 amide bonds. The normalized spacial score (nSPS) is 17.9. The summed E-state index contributed by atoms with van der Waals surface area (Å²) in [6, 6.07) is 3.71. The van der Waals surface area contributed by atoms with E-state index in [-0.39, 0.29) is 29.6 Å². The first-order chi connectivity index (χ1) is 14.6. The molecule has 0 aliphatic carbocycles. The van der Waals surface area contributed by atoms with Gasteiger partial charge in [-0.1, -0.05) is 37.0 Å². The number of amides is 2. The third-order valence-corrected chi connectivity index (χ3v) is 4.93. The molecule has 31 heavy (non-hydrogen) atoms. The van der Waals surface area contributed by atoms with E-state index >= 15 is 0 Å². The molecule has 3 N–H and O–H groups in total. The average molecular weight is 472 g/mol. The number of carbonyl (C=O) groups excluding carboxylic acids is 4. The molecule has 1 fully saturated rings. The van der Waals surface area contributed by atoms with Crippen LogP contribution in [0.5, 0.6) is 0 Å². The van der Waals surface area contributed by atoms with Crippen LogP contribution in [-0.2, 0) is 23.7 Å². The van der Waals surface area contributed by atoms with E-state index in [9.17, 15) is 19.2 Å². The van der Waals surface area contributed by atoms with Gasteiger partial charge in [-0.05, 0) is 37.5 Å². The average Bonchev–Trinajstić information content (AvgIpc) is 2.69. The molecule has 1 aromatic carbocycles. The first-order valence-electron chi connectivity index (χ1n) is 9.72. The van der Waals surface area contributed by atoms with Crippen molar-refractivity contribution in [1.29, 1.82) is 0 Å². The Hall–Kier alpha value is -2.30. The van der Waals surface area contributed by atoms with E-state index in [4.69, 9.17) is 32.5 Å². The number of hydrogen-bond donors (Lipinski definition) is 3. The maximum absolute atomic E-state index is 12.5. The minimum atomic E-state index is -1.28. The Morgan fingerprint density at radius 2 is 1.97 bits per heavy atom. The highest BCUT2D eigenvalue weighted by Gasteiger charge is 2.41. The van der Waals surface area contributed by atoms with E-state index in [2.05, 4.69) is 16.0 Å². The van der Waals surface area contributed by atoms with Crippen molar-refractivity contribution >= 4 is 54.1 Å². The van der Waals surface area contributed by atoms with Crippen LogP contribution in [0.15, 0.2) is 18.2 Å². The number of carbonyl (C=O) groups is 4. The molecule has 168 valence electrons. The third-order valence-electron chi connectivity index (χ3n) is 4.37. The Kier molecular flexibility index (Phi) is 9.15. The molecule has 0 saturated carbocycles. The molecule has 0 spiro atoms. The highest BCUT2D eigenvalue weighted by Crippen LogP contribution is 2.20. The summed E-state index contributed by atoms with van der Waals surface area (Å²) < 4.78 is 10.5. The summed E-state index contributed by atoms with van der Waals surface area (Å²) in [5.74, 6) is -3.06. The molecule has 2 rings (SSSR count). The molecule has 9 nitrogen and oxygen atoms in total. The lowest BCUT2D eigenvalue weighted by Gasteiger charge is -2.28. The van der Waals surface area contributed by atoms with Gasteiger partial charge in [-0.2, -0.15) is 0 Å². The van der Waals surface area contributed by atoms with Crippen LogP contribution in [-0.4, -0.2) is 55.9 Å². The van der Waals surface area contributed by atoms with Gasteiger partial charge in [-0.3, -0.25) is 24.5 Å². The lowest BCUT2D eigenvalue weighted by molar-refractivity contribution is -0.145. The second kappa shape index (κ2) is 11.4. The summed E-state index contributed by atoms with van der Waals surface area (Å²) in [6.07, 6.45) is 0.368. The number of rotatable bonds is 7. The van der Waals surface area contributed by atoms with Gasteiger partial charge in [0.2, 0.25) is 5.91 Å². The summed E-state index contributed by atoms with van der Waals surface area (Å²) in [6.45, 7) is 4.83. The van der Waals surface area contributed by atoms with Crippen LogP contribution in [0.2, 0.25) is 10.0 Å². The second-order valence-electron chi connectivity index (χ2n) is 7.51. The third kappa shape index (κ3) is 7.72. The topological polar surface area (TPSA) is 123 Å². The number of hydrogen-bond acceptors (Lipinski definition) is 7. The SMILES string of the molecule is CC(C)C[C@H](NC(=O)CNC(=O)c1cc(Cl)ccc1Cl)B1OC(=O)CN[C@H](C)C(=O)O1. The standard InChI is InChI=1S/C19H24BCl2N3O6/c1-10(2)6-15(20-30-17(27)9-23-11(3)19(29)31-20)25-16(26)8-24-18(28)13-7-12(21)4-5-14(13)22/h4-5,7,10-11,15,23H,6,8-9H2,1-3H3,(H,24,28)(H,25,26)/t11-,15+/m1/s1. The second-order valence-corrected chi connectivity index (χ2v) is 8.35. The predicted octanol–water partition coefficient (Wildman–Crippen LogP) is 1.36. The molecule has 2 atom stereocenters. The van der Waals surface area contributed by atoms with Crippen LogP contribution in [0.3, 0.4) is 0 Å². The molecule has 1 aromatic rings. The summed E-state index contributed by atoms with van der Waals surface area (Å²) in [7, 11) is -1.28. The summed E-state index contributed by atoms with van der Waals surface area (Å²) >= 11 is 11.9. The minimum absolute atomic E-state index is 0.0866. The van der Waals surface area contributed by atoms with Gasteiger partial charge in [0.05, 0.1) is 29.6 Å². The highest BCUT2D eigenvalue weighted by atomic mass is 35.5. The van der Waals surface area contributed by atoms with Crippen molar-refractivity contribution in [3.05, 3.63) is 33.8 Å². The molecule has 0 radical (unpaired) electrons. The highest BCUT2D eigenvalue weighted by molar-refractivity contribution is 6.51. The van der Waals surface area contributed by atoms with E-state index in [0.29, 0.717) is 11.4 Å². The van der Waals surface area contributed by atoms with E-state index in [1.165, 1.54) is 18.2 Å². The van der Waals surface area contributed by atoms with Crippen molar-refractivity contribution in [2.45, 2.75) is 39.2 Å². The van der Waals surface area contributed by atoms with Crippen LogP contribution >= 0.6 is 23.2 Å². The summed E-state index contributed by atoms with van der Waals surface area (Å²) in [4.78, 5) is 48.8. The molecule has 1 saturated heterocycles. The summed E-state index contributed by atoms with van der Waals surface area (Å²) in [5, 5.41) is 8.32. The van der Waals surface area contributed by atoms with Crippen molar-refractivity contribution in [1.82, 2.24) is 16.0 Å². The van der Waals surface area contributed by atoms with Gasteiger partial charge >= 0.3 is 19.1 Å². The number of nitrogens with one attached hydrogen (secondary N) is 3. The maximum atomic E-state index is 12.5. The van der Waals surface area contributed by atoms with Gasteiger partial charge in [0.1, 0.15) is 6.04 Å².